The molecule has 0 aliphatic rings. The second-order valence-corrected chi connectivity index (χ2v) is 3.42. The second-order valence-electron chi connectivity index (χ2n) is 3.42. The Morgan fingerprint density at radius 3 is 2.74 bits per heavy atom. The summed E-state index contributed by atoms with van der Waals surface area (Å²) >= 11 is 0. The van der Waals surface area contributed by atoms with Crippen LogP contribution in [0.4, 0.5) is 13.2 Å². The summed E-state index contributed by atoms with van der Waals surface area (Å²) in [4.78, 5) is 13.1. The lowest BCUT2D eigenvalue weighted by Crippen LogP contribution is -2.09. The molecule has 19 heavy (non-hydrogen) atoms. The molecule has 0 aliphatic heterocycles. The lowest BCUT2D eigenvalue weighted by molar-refractivity contribution is -0.137. The Balaban J connectivity index is 2.99. The Bertz CT molecular complexity index is 578. The Kier molecular flexibility index (Phi) is 4.98. The van der Waals surface area contributed by atoms with Crippen LogP contribution in [-0.2, 0) is 6.18 Å². The van der Waals surface area contributed by atoms with Gasteiger partial charge in [0.15, 0.2) is 6.29 Å². The van der Waals surface area contributed by atoms with Gasteiger partial charge in [0.1, 0.15) is 0 Å². The van der Waals surface area contributed by atoms with Gasteiger partial charge >= 0.3 is 6.18 Å². The number of halogens is 3. The Labute approximate surface area is 106 Å². The molecule has 0 saturated carbocycles. The fraction of sp³-hybridized carbons (Fsp3) is 0.250. The molecule has 7 heteroatoms. The van der Waals surface area contributed by atoms with Crippen LogP contribution < -0.4 is 0 Å². The minimum atomic E-state index is -4.60. The number of hydrogen-bond acceptors (Lipinski definition) is 2. The van der Waals surface area contributed by atoms with Gasteiger partial charge in [-0.2, -0.15) is 13.2 Å². The smallest absolute Gasteiger partial charge is 0.298 e. The number of nitrogens with zero attached hydrogens (tertiary/aromatic N) is 3. The van der Waals surface area contributed by atoms with E-state index in [1.165, 1.54) is 6.07 Å². The quantitative estimate of drug-likeness (QED) is 0.206. The van der Waals surface area contributed by atoms with Gasteiger partial charge in [-0.05, 0) is 23.7 Å². The minimum absolute atomic E-state index is 0.152. The third kappa shape index (κ3) is 4.37. The van der Waals surface area contributed by atoms with Crippen molar-refractivity contribution < 1.29 is 18.0 Å². The third-order valence-corrected chi connectivity index (χ3v) is 2.12. The molecule has 4 nitrogen and oxygen atoms in total. The fourth-order valence-corrected chi connectivity index (χ4v) is 1.30. The maximum atomic E-state index is 12.6. The average molecular weight is 267 g/mol. The molecule has 0 aliphatic carbocycles. The highest BCUT2D eigenvalue weighted by atomic mass is 19.4. The van der Waals surface area contributed by atoms with Crippen molar-refractivity contribution in [3.63, 3.8) is 0 Å². The zero-order chi connectivity index (χ0) is 14.3. The molecule has 0 N–H and O–H groups in total. The van der Waals surface area contributed by atoms with Crippen LogP contribution in [0.15, 0.2) is 23.3 Å². The van der Waals surface area contributed by atoms with Crippen LogP contribution in [0.3, 0.4) is 0 Å². The van der Waals surface area contributed by atoms with Crippen molar-refractivity contribution in [3.05, 3.63) is 45.3 Å². The average Bonchev–Trinajstić information content (AvgIpc) is 2.37. The Morgan fingerprint density at radius 1 is 1.42 bits per heavy atom. The topological polar surface area (TPSA) is 65.8 Å². The van der Waals surface area contributed by atoms with E-state index in [-0.39, 0.29) is 24.8 Å². The van der Waals surface area contributed by atoms with Crippen molar-refractivity contribution in [2.45, 2.75) is 12.6 Å². The number of azide groups is 1. The van der Waals surface area contributed by atoms with E-state index in [1.807, 2.05) is 0 Å². The van der Waals surface area contributed by atoms with Gasteiger partial charge in [-0.25, -0.2) is 0 Å². The molecule has 1 rings (SSSR count). The van der Waals surface area contributed by atoms with E-state index in [1.54, 1.807) is 0 Å². The van der Waals surface area contributed by atoms with Gasteiger partial charge in [0.05, 0.1) is 5.56 Å². The van der Waals surface area contributed by atoms with Gasteiger partial charge in [0.25, 0.3) is 0 Å². The number of carbonyl (C=O) groups is 1. The van der Waals surface area contributed by atoms with Gasteiger partial charge < -0.3 is 0 Å². The monoisotopic (exact) mass is 267 g/mol. The number of hydrogen-bond donors (Lipinski definition) is 0. The van der Waals surface area contributed by atoms with Crippen LogP contribution in [0.1, 0.15) is 27.9 Å². The summed E-state index contributed by atoms with van der Waals surface area (Å²) in [5.74, 6) is 5.10. The number of alkyl halides is 3. The zero-order valence-electron chi connectivity index (χ0n) is 9.61. The number of benzene rings is 1. The molecular formula is C12H8F3N3O. The lowest BCUT2D eigenvalue weighted by atomic mass is 10.0. The molecular weight excluding hydrogens is 259 g/mol. The minimum Gasteiger partial charge on any atom is -0.298 e. The first-order valence-electron chi connectivity index (χ1n) is 5.15. The SMILES string of the molecule is [N-]=[N+]=NCCC#Cc1ccc(C=O)c(C(F)(F)F)c1. The maximum absolute atomic E-state index is 12.6. The van der Waals surface area contributed by atoms with Crippen molar-refractivity contribution in [2.75, 3.05) is 6.54 Å². The second kappa shape index (κ2) is 6.47. The van der Waals surface area contributed by atoms with E-state index in [4.69, 9.17) is 5.53 Å². The molecule has 0 heterocycles. The summed E-state index contributed by atoms with van der Waals surface area (Å²) in [6.07, 6.45) is -4.19. The highest BCUT2D eigenvalue weighted by molar-refractivity contribution is 5.78. The number of rotatable bonds is 3. The van der Waals surface area contributed by atoms with E-state index in [0.717, 1.165) is 12.1 Å². The standard InChI is InChI=1S/C12H8F3N3O/c13-12(14,15)11-7-9(4-5-10(11)8-19)3-1-2-6-17-18-16/h4-5,7-8H,2,6H2. The van der Waals surface area contributed by atoms with Crippen molar-refractivity contribution in [1.29, 1.82) is 0 Å². The first kappa shape index (κ1) is 14.6. The molecule has 0 spiro atoms. The van der Waals surface area contributed by atoms with Crippen molar-refractivity contribution >= 4 is 6.29 Å². The predicted octanol–water partition coefficient (Wildman–Crippen LogP) is 3.57. The van der Waals surface area contributed by atoms with E-state index >= 15 is 0 Å². The van der Waals surface area contributed by atoms with Gasteiger partial charge in [0.2, 0.25) is 0 Å². The molecule has 0 aromatic heterocycles. The third-order valence-electron chi connectivity index (χ3n) is 2.12. The molecule has 0 saturated heterocycles. The van der Waals surface area contributed by atoms with E-state index < -0.39 is 17.3 Å². The van der Waals surface area contributed by atoms with Crippen LogP contribution in [0.2, 0.25) is 0 Å². The molecule has 1 aromatic carbocycles. The van der Waals surface area contributed by atoms with Crippen molar-refractivity contribution in [3.8, 4) is 11.8 Å². The fourth-order valence-electron chi connectivity index (χ4n) is 1.30. The molecule has 1 aromatic rings. The summed E-state index contributed by atoms with van der Waals surface area (Å²) in [7, 11) is 0. The van der Waals surface area contributed by atoms with Crippen LogP contribution in [0, 0.1) is 11.8 Å². The van der Waals surface area contributed by atoms with Crippen LogP contribution >= 0.6 is 0 Å². The summed E-state index contributed by atoms with van der Waals surface area (Å²) in [6.45, 7) is 0.155. The van der Waals surface area contributed by atoms with Crippen molar-refractivity contribution in [2.24, 2.45) is 5.11 Å². The number of carbonyl (C=O) groups excluding carboxylic acids is 1. The van der Waals surface area contributed by atoms with E-state index in [2.05, 4.69) is 21.9 Å². The zero-order valence-corrected chi connectivity index (χ0v) is 9.61. The summed E-state index contributed by atoms with van der Waals surface area (Å²) in [5, 5.41) is 3.24. The van der Waals surface area contributed by atoms with Crippen LogP contribution in [-0.4, -0.2) is 12.8 Å². The summed E-state index contributed by atoms with van der Waals surface area (Å²) in [5.41, 5.74) is 6.74. The van der Waals surface area contributed by atoms with Gasteiger partial charge in [-0.3, -0.25) is 4.79 Å². The largest absolute Gasteiger partial charge is 0.417 e. The van der Waals surface area contributed by atoms with Gasteiger partial charge in [-0.15, -0.1) is 0 Å². The van der Waals surface area contributed by atoms with Gasteiger partial charge in [-0.1, -0.05) is 17.0 Å². The van der Waals surface area contributed by atoms with Gasteiger partial charge in [0, 0.05) is 29.0 Å². The molecule has 98 valence electrons. The predicted molar refractivity (Wildman–Crippen MR) is 62.3 cm³/mol. The van der Waals surface area contributed by atoms with Crippen LogP contribution in [0.5, 0.6) is 0 Å². The Morgan fingerprint density at radius 2 is 2.16 bits per heavy atom. The number of aldehydes is 1. The first-order valence-corrected chi connectivity index (χ1v) is 5.15. The summed E-state index contributed by atoms with van der Waals surface area (Å²) in [6, 6.07) is 3.23. The summed E-state index contributed by atoms with van der Waals surface area (Å²) < 4.78 is 37.9. The molecule has 0 bridgehead atoms. The molecule has 0 radical (unpaired) electrons. The highest BCUT2D eigenvalue weighted by Crippen LogP contribution is 2.31. The van der Waals surface area contributed by atoms with E-state index in [0.29, 0.717) is 0 Å². The van der Waals surface area contributed by atoms with Crippen molar-refractivity contribution in [1.82, 2.24) is 0 Å². The molecule has 0 fully saturated rings. The normalized spacial score (nSPS) is 10.1. The lowest BCUT2D eigenvalue weighted by Gasteiger charge is -2.09. The van der Waals surface area contributed by atoms with E-state index in [9.17, 15) is 18.0 Å². The molecule has 0 amide bonds. The molecule has 0 atom stereocenters. The molecule has 0 unspecified atom stereocenters. The van der Waals surface area contributed by atoms with Crippen LogP contribution in [0.25, 0.3) is 10.4 Å². The highest BCUT2D eigenvalue weighted by Gasteiger charge is 2.33. The maximum Gasteiger partial charge on any atom is 0.417 e. The Hall–Kier alpha value is -2.45. The first-order chi connectivity index (χ1) is 8.99.